The summed E-state index contributed by atoms with van der Waals surface area (Å²) in [7, 11) is 0. The second-order valence-electron chi connectivity index (χ2n) is 2.28. The first-order valence-electron chi connectivity index (χ1n) is 3.73. The van der Waals surface area contributed by atoms with Crippen molar-refractivity contribution in [2.75, 3.05) is 11.5 Å². The summed E-state index contributed by atoms with van der Waals surface area (Å²) in [5.41, 5.74) is 13.4. The number of carbonyl (C=O) groups excluding carboxylic acids is 2. The molecule has 0 aliphatic carbocycles. The van der Waals surface area contributed by atoms with Crippen molar-refractivity contribution < 1.29 is 9.59 Å². The van der Waals surface area contributed by atoms with Crippen LogP contribution in [-0.2, 0) is 9.59 Å². The topological polar surface area (TPSA) is 134 Å². The Labute approximate surface area is 86.9 Å². The van der Waals surface area contributed by atoms with Crippen LogP contribution in [0, 0.1) is 17.7 Å². The van der Waals surface area contributed by atoms with E-state index >= 15 is 0 Å². The van der Waals surface area contributed by atoms with Crippen molar-refractivity contribution in [1.29, 1.82) is 10.8 Å². The zero-order chi connectivity index (χ0) is 12.3. The minimum absolute atomic E-state index is 0.662. The number of nitrogens with one attached hydrogen (secondary N) is 2. The van der Waals surface area contributed by atoms with Crippen LogP contribution in [0.2, 0.25) is 0 Å². The number of anilines is 2. The van der Waals surface area contributed by atoms with Gasteiger partial charge >= 0.3 is 0 Å². The highest BCUT2D eigenvalue weighted by molar-refractivity contribution is 5.66. The first-order chi connectivity index (χ1) is 7.04. The maximum absolute atomic E-state index is 8.35. The maximum atomic E-state index is 8.35. The summed E-state index contributed by atoms with van der Waals surface area (Å²) in [6.45, 7) is 1.94. The van der Waals surface area contributed by atoms with Gasteiger partial charge in [-0.25, -0.2) is 20.4 Å². The van der Waals surface area contributed by atoms with Crippen molar-refractivity contribution in [1.82, 2.24) is 0 Å². The minimum atomic E-state index is 0.662. The molecule has 0 bridgehead atoms. The molecule has 15 heavy (non-hydrogen) atoms. The van der Waals surface area contributed by atoms with E-state index in [2.05, 4.69) is 0 Å². The molecule has 1 aromatic rings. The van der Waals surface area contributed by atoms with Gasteiger partial charge in [-0.2, -0.15) is 0 Å². The molecule has 0 aliphatic heterocycles. The maximum Gasteiger partial charge on any atom is 0.231 e. The van der Waals surface area contributed by atoms with Gasteiger partial charge in [0.05, 0.1) is 11.4 Å². The second-order valence-corrected chi connectivity index (χ2v) is 2.28. The lowest BCUT2D eigenvalue weighted by atomic mass is 10.2. The third kappa shape index (κ3) is 7.93. The van der Waals surface area contributed by atoms with Crippen LogP contribution in [-0.4, -0.2) is 12.2 Å². The molecule has 6 nitrogen and oxygen atoms in total. The predicted octanol–water partition coefficient (Wildman–Crippen LogP) is 0.961. The highest BCUT2D eigenvalue weighted by atomic mass is 16.1. The molecule has 80 valence electrons. The zero-order valence-electron chi connectivity index (χ0n) is 8.20. The number of hydrogen-bond donors (Lipinski definition) is 4. The van der Waals surface area contributed by atoms with E-state index in [9.17, 15) is 0 Å². The molecule has 0 amide bonds. The predicted molar refractivity (Wildman–Crippen MR) is 56.8 cm³/mol. The van der Waals surface area contributed by atoms with Crippen LogP contribution in [0.4, 0.5) is 11.4 Å². The Balaban J connectivity index is 0. The summed E-state index contributed by atoms with van der Waals surface area (Å²) in [6.07, 6.45) is 1.50. The molecule has 0 spiro atoms. The monoisotopic (exact) mass is 208 g/mol. The van der Waals surface area contributed by atoms with Crippen molar-refractivity contribution in [2.24, 2.45) is 0 Å². The van der Waals surface area contributed by atoms with E-state index in [4.69, 9.17) is 31.9 Å². The molecule has 1 aromatic carbocycles. The number of hydrogen-bond acceptors (Lipinski definition) is 6. The molecule has 0 radical (unpaired) electrons. The molecule has 0 unspecified atom stereocenters. The van der Waals surface area contributed by atoms with Crippen LogP contribution >= 0.6 is 0 Å². The molecule has 0 saturated carbocycles. The molecular weight excluding hydrogens is 196 g/mol. The lowest BCUT2D eigenvalue weighted by Gasteiger charge is -2.00. The lowest BCUT2D eigenvalue weighted by molar-refractivity contribution is 0.562. The first kappa shape index (κ1) is 15.1. The van der Waals surface area contributed by atoms with Gasteiger partial charge in [0.25, 0.3) is 0 Å². The summed E-state index contributed by atoms with van der Waals surface area (Å²) < 4.78 is 0. The fourth-order valence-corrected chi connectivity index (χ4v) is 0.703. The Bertz CT molecular complexity index is 332. The average Bonchev–Trinajstić information content (AvgIpc) is 2.17. The van der Waals surface area contributed by atoms with Crippen LogP contribution in [0.5, 0.6) is 0 Å². The standard InChI is InChI=1S/C7H10N2.2CHNO/c1-5-3-2-4-6(8)7(5)9;2*2-1-3/h2-4H,8-9H2,1H3;2*2H. The third-order valence-electron chi connectivity index (χ3n) is 1.36. The SMILES string of the molecule is Cc1cccc(N)c1N.N=C=O.N=C=O. The molecule has 1 rings (SSSR count). The largest absolute Gasteiger partial charge is 0.397 e. The van der Waals surface area contributed by atoms with E-state index in [1.54, 1.807) is 6.07 Å². The lowest BCUT2D eigenvalue weighted by Crippen LogP contribution is -1.95. The second kappa shape index (κ2) is 9.67. The van der Waals surface area contributed by atoms with Gasteiger partial charge in [0.2, 0.25) is 12.2 Å². The Morgan fingerprint density at radius 1 is 1.13 bits per heavy atom. The number of nitrogen functional groups attached to an aromatic ring is 2. The molecule has 0 saturated heterocycles. The zero-order valence-corrected chi connectivity index (χ0v) is 8.20. The van der Waals surface area contributed by atoms with Gasteiger partial charge in [0.15, 0.2) is 0 Å². The van der Waals surface area contributed by atoms with Gasteiger partial charge in [-0.3, -0.25) is 0 Å². The summed E-state index contributed by atoms with van der Waals surface area (Å²) in [4.78, 5) is 16.7. The van der Waals surface area contributed by atoms with E-state index in [1.807, 2.05) is 19.1 Å². The van der Waals surface area contributed by atoms with Crippen LogP contribution < -0.4 is 11.5 Å². The van der Waals surface area contributed by atoms with Crippen molar-refractivity contribution in [3.05, 3.63) is 23.8 Å². The number of para-hydroxylation sites is 1. The molecule has 6 N–H and O–H groups in total. The van der Waals surface area contributed by atoms with Crippen LogP contribution in [0.1, 0.15) is 5.56 Å². The Morgan fingerprint density at radius 2 is 1.53 bits per heavy atom. The van der Waals surface area contributed by atoms with Gasteiger partial charge in [0, 0.05) is 0 Å². The minimum Gasteiger partial charge on any atom is -0.397 e. The summed E-state index contributed by atoms with van der Waals surface area (Å²) in [5, 5.41) is 10.8. The first-order valence-corrected chi connectivity index (χ1v) is 3.73. The van der Waals surface area contributed by atoms with Gasteiger partial charge in [-0.15, -0.1) is 0 Å². The molecule has 0 aliphatic rings. The van der Waals surface area contributed by atoms with Crippen LogP contribution in [0.25, 0.3) is 0 Å². The van der Waals surface area contributed by atoms with Gasteiger partial charge in [-0.05, 0) is 18.6 Å². The fraction of sp³-hybridized carbons (Fsp3) is 0.111. The quantitative estimate of drug-likeness (QED) is 0.287. The number of aryl methyl sites for hydroxylation is 1. The summed E-state index contributed by atoms with van der Waals surface area (Å²) in [6, 6.07) is 5.62. The smallest absolute Gasteiger partial charge is 0.231 e. The van der Waals surface area contributed by atoms with E-state index in [0.717, 1.165) is 17.7 Å². The van der Waals surface area contributed by atoms with Crippen LogP contribution in [0.15, 0.2) is 18.2 Å². The number of rotatable bonds is 0. The van der Waals surface area contributed by atoms with Gasteiger partial charge < -0.3 is 11.5 Å². The fourth-order valence-electron chi connectivity index (χ4n) is 0.703. The average molecular weight is 208 g/mol. The van der Waals surface area contributed by atoms with Gasteiger partial charge in [-0.1, -0.05) is 12.1 Å². The Kier molecular flexibility index (Phi) is 9.71. The normalized spacial score (nSPS) is 6.73. The van der Waals surface area contributed by atoms with E-state index < -0.39 is 0 Å². The summed E-state index contributed by atoms with van der Waals surface area (Å²) in [5.74, 6) is 0. The third-order valence-corrected chi connectivity index (χ3v) is 1.36. The molecule has 0 heterocycles. The molecule has 0 atom stereocenters. The highest BCUT2D eigenvalue weighted by Gasteiger charge is 1.93. The number of nitrogens with two attached hydrogens (primary N) is 2. The van der Waals surface area contributed by atoms with Crippen molar-refractivity contribution >= 4 is 23.5 Å². The molecule has 0 aromatic heterocycles. The Morgan fingerprint density at radius 3 is 1.80 bits per heavy atom. The van der Waals surface area contributed by atoms with Crippen molar-refractivity contribution in [2.45, 2.75) is 6.92 Å². The molecule has 0 fully saturated rings. The van der Waals surface area contributed by atoms with Crippen molar-refractivity contribution in [3.8, 4) is 0 Å². The molecular formula is C9H12N4O2. The van der Waals surface area contributed by atoms with E-state index in [-0.39, 0.29) is 0 Å². The number of isocyanates is 2. The van der Waals surface area contributed by atoms with Gasteiger partial charge in [0.1, 0.15) is 0 Å². The number of benzene rings is 1. The van der Waals surface area contributed by atoms with Crippen LogP contribution in [0.3, 0.4) is 0 Å². The summed E-state index contributed by atoms with van der Waals surface area (Å²) >= 11 is 0. The highest BCUT2D eigenvalue weighted by Crippen LogP contribution is 2.17. The van der Waals surface area contributed by atoms with Crippen molar-refractivity contribution in [3.63, 3.8) is 0 Å². The van der Waals surface area contributed by atoms with E-state index in [0.29, 0.717) is 11.4 Å². The Hall–Kier alpha value is -2.42. The molecule has 6 heteroatoms. The van der Waals surface area contributed by atoms with E-state index in [1.165, 1.54) is 0 Å².